The Morgan fingerprint density at radius 2 is 2.24 bits per heavy atom. The molecule has 3 aromatic rings. The predicted molar refractivity (Wildman–Crippen MR) is 105 cm³/mol. The molecule has 3 heterocycles. The minimum atomic E-state index is -0.635. The zero-order chi connectivity index (χ0) is 20.5. The third-order valence-electron chi connectivity index (χ3n) is 4.92. The van der Waals surface area contributed by atoms with Crippen LogP contribution in [0.5, 0.6) is 0 Å². The largest absolute Gasteiger partial charge is 0.434 e. The molecule has 0 radical (unpaired) electrons. The summed E-state index contributed by atoms with van der Waals surface area (Å²) in [5, 5.41) is 13.8. The quantitative estimate of drug-likeness (QED) is 0.675. The van der Waals surface area contributed by atoms with Crippen molar-refractivity contribution in [3.8, 4) is 11.4 Å². The van der Waals surface area contributed by atoms with Gasteiger partial charge in [0.2, 0.25) is 5.89 Å². The zero-order valence-electron chi connectivity index (χ0n) is 15.9. The molecule has 0 spiro atoms. The first-order chi connectivity index (χ1) is 13.9. The van der Waals surface area contributed by atoms with Crippen molar-refractivity contribution in [3.05, 3.63) is 46.0 Å². The summed E-state index contributed by atoms with van der Waals surface area (Å²) in [7, 11) is 1.76. The number of aromatic amines is 1. The van der Waals surface area contributed by atoms with E-state index in [1.165, 1.54) is 0 Å². The van der Waals surface area contributed by atoms with Crippen molar-refractivity contribution in [2.75, 3.05) is 11.9 Å². The summed E-state index contributed by atoms with van der Waals surface area (Å²) < 4.78 is 6.69. The first-order valence-corrected chi connectivity index (χ1v) is 9.57. The Hall–Kier alpha value is -3.14. The lowest BCUT2D eigenvalue weighted by Gasteiger charge is -2.36. The number of nitrogens with one attached hydrogen (secondary N) is 2. The van der Waals surface area contributed by atoms with Crippen LogP contribution in [0, 0.1) is 5.92 Å². The van der Waals surface area contributed by atoms with Crippen molar-refractivity contribution in [1.82, 2.24) is 29.9 Å². The standard InChI is InChI=1S/C18H20ClN7O3/c1-10-5-6-26(14(7-10)16-22-23-18(28)29-16)17(27)21-11-3-4-13(19)12(8-11)15-20-9-25(2)24-15/h3-4,8-10,14H,5-7H2,1-2H3,(H,21,27)(H,23,28)/t10-,14?/m0/s1. The maximum Gasteiger partial charge on any atom is 0.434 e. The van der Waals surface area contributed by atoms with Crippen molar-refractivity contribution in [3.63, 3.8) is 0 Å². The van der Waals surface area contributed by atoms with E-state index in [2.05, 4.69) is 32.5 Å². The lowest BCUT2D eigenvalue weighted by molar-refractivity contribution is 0.124. The number of anilines is 1. The van der Waals surface area contributed by atoms with Gasteiger partial charge in [-0.25, -0.2) is 19.7 Å². The summed E-state index contributed by atoms with van der Waals surface area (Å²) in [6.07, 6.45) is 3.08. The molecule has 1 fully saturated rings. The fourth-order valence-electron chi connectivity index (χ4n) is 3.43. The molecular weight excluding hydrogens is 398 g/mol. The number of carbonyl (C=O) groups excluding carboxylic acids is 1. The molecule has 2 N–H and O–H groups in total. The Labute approximate surface area is 170 Å². The number of aromatic nitrogens is 5. The molecule has 0 bridgehead atoms. The van der Waals surface area contributed by atoms with Gasteiger partial charge < -0.3 is 14.6 Å². The molecule has 0 aliphatic carbocycles. The van der Waals surface area contributed by atoms with Crippen LogP contribution in [0.25, 0.3) is 11.4 Å². The van der Waals surface area contributed by atoms with E-state index >= 15 is 0 Å². The van der Waals surface area contributed by atoms with E-state index in [-0.39, 0.29) is 11.9 Å². The number of likely N-dealkylation sites (tertiary alicyclic amines) is 1. The maximum absolute atomic E-state index is 13.0. The predicted octanol–water partition coefficient (Wildman–Crippen LogP) is 2.82. The minimum Gasteiger partial charge on any atom is -0.390 e. The third-order valence-corrected chi connectivity index (χ3v) is 5.25. The van der Waals surface area contributed by atoms with Crippen molar-refractivity contribution in [1.29, 1.82) is 0 Å². The van der Waals surface area contributed by atoms with Crippen molar-refractivity contribution >= 4 is 23.3 Å². The number of rotatable bonds is 3. The summed E-state index contributed by atoms with van der Waals surface area (Å²) in [5.74, 6) is 0.426. The average Bonchev–Trinajstić information content (AvgIpc) is 3.31. The summed E-state index contributed by atoms with van der Waals surface area (Å²) in [6.45, 7) is 2.62. The van der Waals surface area contributed by atoms with Gasteiger partial charge in [-0.15, -0.1) is 5.10 Å². The number of benzene rings is 1. The van der Waals surface area contributed by atoms with Crippen LogP contribution >= 0.6 is 11.6 Å². The van der Waals surface area contributed by atoms with Crippen LogP contribution < -0.4 is 11.1 Å². The van der Waals surface area contributed by atoms with E-state index < -0.39 is 11.8 Å². The van der Waals surface area contributed by atoms with Gasteiger partial charge in [0, 0.05) is 24.8 Å². The second-order valence-corrected chi connectivity index (χ2v) is 7.56. The number of hydrogen-bond acceptors (Lipinski definition) is 6. The average molecular weight is 418 g/mol. The number of halogens is 1. The second kappa shape index (κ2) is 7.70. The molecule has 29 heavy (non-hydrogen) atoms. The first kappa shape index (κ1) is 19.2. The first-order valence-electron chi connectivity index (χ1n) is 9.19. The third kappa shape index (κ3) is 4.02. The summed E-state index contributed by atoms with van der Waals surface area (Å²) in [4.78, 5) is 30.2. The molecule has 152 valence electrons. The van der Waals surface area contributed by atoms with Crippen molar-refractivity contribution in [2.45, 2.75) is 25.8 Å². The topological polar surface area (TPSA) is 122 Å². The van der Waals surface area contributed by atoms with Crippen molar-refractivity contribution < 1.29 is 9.21 Å². The number of carbonyl (C=O) groups is 1. The number of nitrogens with zero attached hydrogens (tertiary/aromatic N) is 5. The van der Waals surface area contributed by atoms with Gasteiger partial charge in [-0.3, -0.25) is 4.68 Å². The van der Waals surface area contributed by atoms with Gasteiger partial charge in [0.15, 0.2) is 5.82 Å². The lowest BCUT2D eigenvalue weighted by atomic mass is 9.92. The Morgan fingerprint density at radius 3 is 2.93 bits per heavy atom. The van der Waals surface area contributed by atoms with Gasteiger partial charge in [-0.1, -0.05) is 18.5 Å². The summed E-state index contributed by atoms with van der Waals surface area (Å²) >= 11 is 6.28. The highest BCUT2D eigenvalue weighted by Crippen LogP contribution is 2.34. The molecule has 2 amide bonds. The molecule has 11 heteroatoms. The van der Waals surface area contributed by atoms with E-state index in [0.717, 1.165) is 6.42 Å². The Morgan fingerprint density at radius 1 is 1.41 bits per heavy atom. The maximum atomic E-state index is 13.0. The van der Waals surface area contributed by atoms with Crippen LogP contribution in [0.3, 0.4) is 0 Å². The molecule has 2 atom stereocenters. The molecular formula is C18H20ClN7O3. The normalized spacial score (nSPS) is 19.3. The van der Waals surface area contributed by atoms with E-state index in [9.17, 15) is 9.59 Å². The molecule has 1 saturated heterocycles. The fourth-order valence-corrected chi connectivity index (χ4v) is 3.64. The summed E-state index contributed by atoms with van der Waals surface area (Å²) in [5.41, 5.74) is 1.18. The van der Waals surface area contributed by atoms with E-state index in [1.807, 2.05) is 0 Å². The Bertz CT molecular complexity index is 1090. The molecule has 1 aromatic carbocycles. The Kier molecular flexibility index (Phi) is 5.10. The van der Waals surface area contributed by atoms with Gasteiger partial charge in [0.25, 0.3) is 0 Å². The number of H-pyrrole nitrogens is 1. The van der Waals surface area contributed by atoms with Gasteiger partial charge in [-0.2, -0.15) is 5.10 Å². The van der Waals surface area contributed by atoms with Crippen LogP contribution in [0.2, 0.25) is 5.02 Å². The molecule has 0 saturated carbocycles. The monoisotopic (exact) mass is 417 g/mol. The number of aryl methyl sites for hydroxylation is 1. The summed E-state index contributed by atoms with van der Waals surface area (Å²) in [6, 6.07) is 4.40. The van der Waals surface area contributed by atoms with Gasteiger partial charge in [-0.05, 0) is 37.0 Å². The molecule has 10 nitrogen and oxygen atoms in total. The van der Waals surface area contributed by atoms with Gasteiger partial charge in [0.05, 0.1) is 5.02 Å². The van der Waals surface area contributed by atoms with E-state index in [1.54, 1.807) is 41.2 Å². The SMILES string of the molecule is C[C@H]1CCN(C(=O)Nc2ccc(Cl)c(-c3ncn(C)n3)c2)C(c2n[nH]c(=O)o2)C1. The highest BCUT2D eigenvalue weighted by molar-refractivity contribution is 6.33. The van der Waals surface area contributed by atoms with Crippen LogP contribution in [-0.2, 0) is 7.05 Å². The highest BCUT2D eigenvalue weighted by atomic mass is 35.5. The number of amides is 2. The van der Waals surface area contributed by atoms with Crippen LogP contribution in [0.1, 0.15) is 31.7 Å². The van der Waals surface area contributed by atoms with E-state index in [4.69, 9.17) is 16.0 Å². The van der Waals surface area contributed by atoms with Crippen LogP contribution in [0.4, 0.5) is 10.5 Å². The second-order valence-electron chi connectivity index (χ2n) is 7.16. The minimum absolute atomic E-state index is 0.214. The highest BCUT2D eigenvalue weighted by Gasteiger charge is 2.34. The number of piperidine rings is 1. The molecule has 1 aliphatic heterocycles. The molecule has 2 aromatic heterocycles. The Balaban J connectivity index is 1.57. The smallest absolute Gasteiger partial charge is 0.390 e. The zero-order valence-corrected chi connectivity index (χ0v) is 16.7. The van der Waals surface area contributed by atoms with Gasteiger partial charge in [0.1, 0.15) is 12.4 Å². The van der Waals surface area contributed by atoms with Gasteiger partial charge >= 0.3 is 11.8 Å². The molecule has 1 unspecified atom stereocenters. The van der Waals surface area contributed by atoms with Crippen molar-refractivity contribution in [2.24, 2.45) is 13.0 Å². The lowest BCUT2D eigenvalue weighted by Crippen LogP contribution is -2.43. The molecule has 4 rings (SSSR count). The van der Waals surface area contributed by atoms with Crippen LogP contribution in [0.15, 0.2) is 33.7 Å². The molecule has 1 aliphatic rings. The van der Waals surface area contributed by atoms with Crippen LogP contribution in [-0.4, -0.2) is 42.4 Å². The fraction of sp³-hybridized carbons (Fsp3) is 0.389. The van der Waals surface area contributed by atoms with E-state index in [0.29, 0.717) is 41.0 Å². The number of hydrogen-bond donors (Lipinski definition) is 2. The number of urea groups is 1.